The van der Waals surface area contributed by atoms with Crippen LogP contribution in [0.3, 0.4) is 0 Å². The SMILES string of the molecule is CC1(C)OC(=O)C(=CNc2ccc(N3CCN(C(=O)C(C)(C)C)CC3)cc2)C(=O)O1. The molecule has 2 aliphatic heterocycles. The van der Waals surface area contributed by atoms with Gasteiger partial charge in [-0.05, 0) is 24.3 Å². The number of hydrogen-bond acceptors (Lipinski definition) is 7. The summed E-state index contributed by atoms with van der Waals surface area (Å²) in [7, 11) is 0. The molecule has 2 heterocycles. The molecular weight excluding hydrogens is 386 g/mol. The lowest BCUT2D eigenvalue weighted by atomic mass is 9.94. The highest BCUT2D eigenvalue weighted by atomic mass is 16.7. The van der Waals surface area contributed by atoms with Crippen molar-refractivity contribution in [2.45, 2.75) is 40.4 Å². The predicted molar refractivity (Wildman–Crippen MR) is 113 cm³/mol. The Morgan fingerprint density at radius 2 is 1.53 bits per heavy atom. The molecule has 1 amide bonds. The van der Waals surface area contributed by atoms with Gasteiger partial charge in [-0.25, -0.2) is 9.59 Å². The number of cyclic esters (lactones) is 2. The third-order valence-electron chi connectivity index (χ3n) is 4.94. The first-order valence-corrected chi connectivity index (χ1v) is 10.0. The maximum Gasteiger partial charge on any atom is 0.350 e. The molecule has 0 radical (unpaired) electrons. The zero-order valence-electron chi connectivity index (χ0n) is 18.2. The summed E-state index contributed by atoms with van der Waals surface area (Å²) in [6, 6.07) is 7.65. The largest absolute Gasteiger partial charge is 0.419 e. The van der Waals surface area contributed by atoms with Crippen molar-refractivity contribution < 1.29 is 23.9 Å². The van der Waals surface area contributed by atoms with Gasteiger partial charge in [0.1, 0.15) is 0 Å². The van der Waals surface area contributed by atoms with Crippen LogP contribution in [0.5, 0.6) is 0 Å². The molecule has 0 aromatic heterocycles. The van der Waals surface area contributed by atoms with E-state index in [0.717, 1.165) is 24.5 Å². The molecule has 30 heavy (non-hydrogen) atoms. The molecule has 0 atom stereocenters. The Labute approximate surface area is 176 Å². The number of hydrogen-bond donors (Lipinski definition) is 1. The number of nitrogens with one attached hydrogen (secondary N) is 1. The monoisotopic (exact) mass is 415 g/mol. The summed E-state index contributed by atoms with van der Waals surface area (Å²) in [6.07, 6.45) is 1.30. The highest BCUT2D eigenvalue weighted by molar-refractivity contribution is 6.15. The van der Waals surface area contributed by atoms with E-state index in [9.17, 15) is 14.4 Å². The number of carbonyl (C=O) groups is 3. The van der Waals surface area contributed by atoms with Gasteiger partial charge in [-0.15, -0.1) is 0 Å². The van der Waals surface area contributed by atoms with Gasteiger partial charge in [-0.2, -0.15) is 0 Å². The van der Waals surface area contributed by atoms with E-state index in [-0.39, 0.29) is 16.9 Å². The maximum absolute atomic E-state index is 12.4. The van der Waals surface area contributed by atoms with E-state index in [1.54, 1.807) is 0 Å². The molecule has 8 nitrogen and oxygen atoms in total. The summed E-state index contributed by atoms with van der Waals surface area (Å²) in [5.74, 6) is -2.52. The van der Waals surface area contributed by atoms with Gasteiger partial charge in [-0.3, -0.25) is 4.79 Å². The first-order chi connectivity index (χ1) is 14.0. The minimum absolute atomic E-state index is 0.179. The topological polar surface area (TPSA) is 88.2 Å². The van der Waals surface area contributed by atoms with Crippen molar-refractivity contribution in [3.05, 3.63) is 36.0 Å². The summed E-state index contributed by atoms with van der Waals surface area (Å²) in [4.78, 5) is 40.5. The number of carbonyl (C=O) groups excluding carboxylic acids is 3. The maximum atomic E-state index is 12.4. The van der Waals surface area contributed by atoms with E-state index in [0.29, 0.717) is 13.1 Å². The van der Waals surface area contributed by atoms with Gasteiger partial charge < -0.3 is 24.6 Å². The number of nitrogens with zero attached hydrogens (tertiary/aromatic N) is 2. The zero-order chi connectivity index (χ0) is 22.1. The van der Waals surface area contributed by atoms with Gasteiger partial charge in [0.2, 0.25) is 5.91 Å². The Bertz CT molecular complexity index is 838. The molecule has 1 aromatic carbocycles. The summed E-state index contributed by atoms with van der Waals surface area (Å²) in [5, 5.41) is 2.94. The number of anilines is 2. The van der Waals surface area contributed by atoms with Crippen LogP contribution in [-0.4, -0.2) is 54.7 Å². The molecule has 0 bridgehead atoms. The van der Waals surface area contributed by atoms with Crippen LogP contribution < -0.4 is 10.2 Å². The molecule has 1 N–H and O–H groups in total. The van der Waals surface area contributed by atoms with Crippen molar-refractivity contribution in [2.75, 3.05) is 36.4 Å². The smallest absolute Gasteiger partial charge is 0.350 e. The molecule has 2 saturated heterocycles. The van der Waals surface area contributed by atoms with E-state index >= 15 is 0 Å². The van der Waals surface area contributed by atoms with Gasteiger partial charge in [0.15, 0.2) is 5.57 Å². The van der Waals surface area contributed by atoms with Gasteiger partial charge in [0.25, 0.3) is 5.79 Å². The summed E-state index contributed by atoms with van der Waals surface area (Å²) < 4.78 is 10.1. The molecule has 2 aliphatic rings. The molecule has 0 aliphatic carbocycles. The average Bonchev–Trinajstić information content (AvgIpc) is 2.66. The Balaban J connectivity index is 1.58. The fourth-order valence-corrected chi connectivity index (χ4v) is 3.34. The van der Waals surface area contributed by atoms with Crippen LogP contribution in [0, 0.1) is 5.41 Å². The van der Waals surface area contributed by atoms with Crippen LogP contribution in [0.4, 0.5) is 11.4 Å². The molecular formula is C22H29N3O5. The Morgan fingerprint density at radius 3 is 2.03 bits per heavy atom. The summed E-state index contributed by atoms with van der Waals surface area (Å²) >= 11 is 0. The van der Waals surface area contributed by atoms with Crippen LogP contribution >= 0.6 is 0 Å². The molecule has 8 heteroatoms. The quantitative estimate of drug-likeness (QED) is 0.461. The average molecular weight is 415 g/mol. The fourth-order valence-electron chi connectivity index (χ4n) is 3.34. The second kappa shape index (κ2) is 8.01. The van der Waals surface area contributed by atoms with Crippen LogP contribution in [0.1, 0.15) is 34.6 Å². The van der Waals surface area contributed by atoms with E-state index in [2.05, 4.69) is 10.2 Å². The third-order valence-corrected chi connectivity index (χ3v) is 4.94. The lowest BCUT2D eigenvalue weighted by Gasteiger charge is -2.38. The van der Waals surface area contributed by atoms with Crippen molar-refractivity contribution in [1.29, 1.82) is 0 Å². The molecule has 2 fully saturated rings. The molecule has 0 unspecified atom stereocenters. The number of rotatable bonds is 3. The fraction of sp³-hybridized carbons (Fsp3) is 0.500. The number of benzene rings is 1. The number of ether oxygens (including phenoxy) is 2. The van der Waals surface area contributed by atoms with Crippen molar-refractivity contribution in [3.8, 4) is 0 Å². The van der Waals surface area contributed by atoms with Crippen molar-refractivity contribution in [3.63, 3.8) is 0 Å². The van der Waals surface area contributed by atoms with Gasteiger partial charge in [-0.1, -0.05) is 20.8 Å². The molecule has 0 saturated carbocycles. The van der Waals surface area contributed by atoms with Gasteiger partial charge in [0.05, 0.1) is 0 Å². The van der Waals surface area contributed by atoms with Crippen LogP contribution in [0.2, 0.25) is 0 Å². The first-order valence-electron chi connectivity index (χ1n) is 10.0. The normalized spacial score (nSPS) is 19.2. The second-order valence-electron chi connectivity index (χ2n) is 8.96. The van der Waals surface area contributed by atoms with Crippen molar-refractivity contribution in [1.82, 2.24) is 4.90 Å². The minimum Gasteiger partial charge on any atom is -0.419 e. The second-order valence-corrected chi connectivity index (χ2v) is 8.96. The molecule has 3 rings (SSSR count). The highest BCUT2D eigenvalue weighted by Gasteiger charge is 2.39. The van der Waals surface area contributed by atoms with E-state index in [4.69, 9.17) is 9.47 Å². The predicted octanol–water partition coefficient (Wildman–Crippen LogP) is 2.51. The Hall–Kier alpha value is -3.03. The van der Waals surface area contributed by atoms with Crippen molar-refractivity contribution >= 4 is 29.2 Å². The summed E-state index contributed by atoms with van der Waals surface area (Å²) in [6.45, 7) is 11.8. The number of amides is 1. The number of piperazine rings is 1. The molecule has 0 spiro atoms. The van der Waals surface area contributed by atoms with Crippen LogP contribution in [-0.2, 0) is 23.9 Å². The van der Waals surface area contributed by atoms with E-state index < -0.39 is 17.7 Å². The van der Waals surface area contributed by atoms with Crippen LogP contribution in [0.15, 0.2) is 36.0 Å². The summed E-state index contributed by atoms with van der Waals surface area (Å²) in [5.41, 5.74) is 1.22. The van der Waals surface area contributed by atoms with Crippen molar-refractivity contribution in [2.24, 2.45) is 5.41 Å². The van der Waals surface area contributed by atoms with Gasteiger partial charge in [0, 0.05) is 63.0 Å². The van der Waals surface area contributed by atoms with E-state index in [1.165, 1.54) is 20.0 Å². The third kappa shape index (κ3) is 4.93. The Kier molecular flexibility index (Phi) is 5.78. The van der Waals surface area contributed by atoms with Gasteiger partial charge >= 0.3 is 11.9 Å². The highest BCUT2D eigenvalue weighted by Crippen LogP contribution is 2.24. The lowest BCUT2D eigenvalue weighted by molar-refractivity contribution is -0.222. The molecule has 1 aromatic rings. The van der Waals surface area contributed by atoms with Crippen LogP contribution in [0.25, 0.3) is 0 Å². The zero-order valence-corrected chi connectivity index (χ0v) is 18.2. The molecule has 162 valence electrons. The number of esters is 2. The first kappa shape index (κ1) is 21.7. The van der Waals surface area contributed by atoms with E-state index in [1.807, 2.05) is 49.9 Å². The Morgan fingerprint density at radius 1 is 1.00 bits per heavy atom. The standard InChI is InChI=1S/C22H29N3O5/c1-21(2,3)20(28)25-12-10-24(11-13-25)16-8-6-15(7-9-16)23-14-17-18(26)29-22(4,5)30-19(17)27/h6-9,14,23H,10-13H2,1-5H3. The minimum atomic E-state index is -1.26. The lowest BCUT2D eigenvalue weighted by Crippen LogP contribution is -2.51.